The molecule has 1 amide bonds. The number of nitriles is 1. The van der Waals surface area contributed by atoms with Crippen molar-refractivity contribution >= 4 is 11.6 Å². The van der Waals surface area contributed by atoms with Crippen molar-refractivity contribution in [2.75, 3.05) is 19.0 Å². The van der Waals surface area contributed by atoms with E-state index in [1.807, 2.05) is 0 Å². The summed E-state index contributed by atoms with van der Waals surface area (Å²) >= 11 is 0. The standard InChI is InChI=1S/C16H23N3O2/c1-11(2)7-12(9-17)8-15(20)19-16-13(10-18)5-4-6-14(16)21-3/h4-6,11-12H,7-9,17H2,1-3H3,(H,19,20). The summed E-state index contributed by atoms with van der Waals surface area (Å²) in [7, 11) is 1.51. The number of hydrogen-bond donors (Lipinski definition) is 2. The first-order valence-electron chi connectivity index (χ1n) is 7.08. The number of benzene rings is 1. The predicted molar refractivity (Wildman–Crippen MR) is 83.0 cm³/mol. The number of carbonyl (C=O) groups is 1. The van der Waals surface area contributed by atoms with Crippen molar-refractivity contribution in [2.24, 2.45) is 17.6 Å². The molecule has 0 radical (unpaired) electrons. The van der Waals surface area contributed by atoms with Crippen molar-refractivity contribution in [3.63, 3.8) is 0 Å². The molecule has 0 aliphatic carbocycles. The quantitative estimate of drug-likeness (QED) is 0.807. The lowest BCUT2D eigenvalue weighted by Gasteiger charge is -2.17. The van der Waals surface area contributed by atoms with Gasteiger partial charge in [0.2, 0.25) is 5.91 Å². The van der Waals surface area contributed by atoms with Gasteiger partial charge in [0.15, 0.2) is 0 Å². The number of para-hydroxylation sites is 1. The van der Waals surface area contributed by atoms with Crippen LogP contribution in [0, 0.1) is 23.2 Å². The zero-order valence-electron chi connectivity index (χ0n) is 12.8. The molecule has 21 heavy (non-hydrogen) atoms. The molecule has 5 heteroatoms. The summed E-state index contributed by atoms with van der Waals surface area (Å²) in [5, 5.41) is 11.9. The van der Waals surface area contributed by atoms with E-state index in [2.05, 4.69) is 25.2 Å². The highest BCUT2D eigenvalue weighted by atomic mass is 16.5. The lowest BCUT2D eigenvalue weighted by Crippen LogP contribution is -2.24. The molecule has 0 bridgehead atoms. The molecule has 0 aliphatic heterocycles. The summed E-state index contributed by atoms with van der Waals surface area (Å²) < 4.78 is 5.19. The third-order valence-corrected chi connectivity index (χ3v) is 3.24. The minimum atomic E-state index is -0.146. The van der Waals surface area contributed by atoms with Gasteiger partial charge in [0.05, 0.1) is 12.7 Å². The number of anilines is 1. The van der Waals surface area contributed by atoms with Crippen molar-refractivity contribution in [2.45, 2.75) is 26.7 Å². The van der Waals surface area contributed by atoms with Crippen LogP contribution in [0.5, 0.6) is 5.75 Å². The number of rotatable bonds is 7. The van der Waals surface area contributed by atoms with Gasteiger partial charge in [-0.25, -0.2) is 0 Å². The maximum absolute atomic E-state index is 12.2. The van der Waals surface area contributed by atoms with Gasteiger partial charge in [-0.05, 0) is 36.9 Å². The number of amides is 1. The third-order valence-electron chi connectivity index (χ3n) is 3.24. The highest BCUT2D eigenvalue weighted by molar-refractivity contribution is 5.94. The fourth-order valence-electron chi connectivity index (χ4n) is 2.31. The number of nitrogens with one attached hydrogen (secondary N) is 1. The maximum Gasteiger partial charge on any atom is 0.224 e. The molecule has 1 atom stereocenters. The van der Waals surface area contributed by atoms with Gasteiger partial charge in [-0.3, -0.25) is 4.79 Å². The largest absolute Gasteiger partial charge is 0.495 e. The molecule has 1 unspecified atom stereocenters. The SMILES string of the molecule is COc1cccc(C#N)c1NC(=O)CC(CN)CC(C)C. The monoisotopic (exact) mass is 289 g/mol. The number of hydrogen-bond acceptors (Lipinski definition) is 4. The Hall–Kier alpha value is -2.06. The second-order valence-electron chi connectivity index (χ2n) is 5.48. The van der Waals surface area contributed by atoms with E-state index >= 15 is 0 Å². The molecule has 114 valence electrons. The molecule has 0 saturated heterocycles. The Morgan fingerprint density at radius 1 is 1.48 bits per heavy atom. The van der Waals surface area contributed by atoms with Gasteiger partial charge in [0.25, 0.3) is 0 Å². The first-order chi connectivity index (χ1) is 10.0. The van der Waals surface area contributed by atoms with Crippen LogP contribution in [0.2, 0.25) is 0 Å². The molecule has 5 nitrogen and oxygen atoms in total. The molecular formula is C16H23N3O2. The Kier molecular flexibility index (Phi) is 6.70. The highest BCUT2D eigenvalue weighted by Crippen LogP contribution is 2.28. The summed E-state index contributed by atoms with van der Waals surface area (Å²) in [4.78, 5) is 12.2. The van der Waals surface area contributed by atoms with Gasteiger partial charge in [-0.1, -0.05) is 19.9 Å². The fourth-order valence-corrected chi connectivity index (χ4v) is 2.31. The van der Waals surface area contributed by atoms with Crippen LogP contribution in [0.25, 0.3) is 0 Å². The molecule has 0 heterocycles. The van der Waals surface area contributed by atoms with Gasteiger partial charge in [0, 0.05) is 6.42 Å². The van der Waals surface area contributed by atoms with Crippen LogP contribution in [-0.2, 0) is 4.79 Å². The Morgan fingerprint density at radius 2 is 2.19 bits per heavy atom. The van der Waals surface area contributed by atoms with Crippen LogP contribution in [0.4, 0.5) is 5.69 Å². The minimum absolute atomic E-state index is 0.144. The third kappa shape index (κ3) is 5.09. The van der Waals surface area contributed by atoms with E-state index in [0.29, 0.717) is 35.9 Å². The van der Waals surface area contributed by atoms with E-state index in [9.17, 15) is 4.79 Å². The molecule has 1 rings (SSSR count). The highest BCUT2D eigenvalue weighted by Gasteiger charge is 2.17. The van der Waals surface area contributed by atoms with E-state index in [1.54, 1.807) is 18.2 Å². The molecule has 1 aromatic carbocycles. The molecule has 0 spiro atoms. The van der Waals surface area contributed by atoms with E-state index in [1.165, 1.54) is 7.11 Å². The number of methoxy groups -OCH3 is 1. The van der Waals surface area contributed by atoms with Crippen LogP contribution in [0.3, 0.4) is 0 Å². The number of nitrogens with two attached hydrogens (primary N) is 1. The summed E-state index contributed by atoms with van der Waals surface area (Å²) in [6.45, 7) is 4.69. The van der Waals surface area contributed by atoms with Gasteiger partial charge in [0.1, 0.15) is 17.5 Å². The lowest BCUT2D eigenvalue weighted by atomic mass is 9.94. The smallest absolute Gasteiger partial charge is 0.224 e. The average Bonchev–Trinajstić information content (AvgIpc) is 2.46. The van der Waals surface area contributed by atoms with Gasteiger partial charge < -0.3 is 15.8 Å². The van der Waals surface area contributed by atoms with Crippen molar-refractivity contribution in [1.29, 1.82) is 5.26 Å². The number of nitrogens with zero attached hydrogens (tertiary/aromatic N) is 1. The van der Waals surface area contributed by atoms with Crippen LogP contribution >= 0.6 is 0 Å². The maximum atomic E-state index is 12.2. The molecular weight excluding hydrogens is 266 g/mol. The first-order valence-corrected chi connectivity index (χ1v) is 7.08. The van der Waals surface area contributed by atoms with Gasteiger partial charge in [-0.15, -0.1) is 0 Å². The zero-order valence-corrected chi connectivity index (χ0v) is 12.8. The molecule has 1 aromatic rings. The van der Waals surface area contributed by atoms with E-state index in [4.69, 9.17) is 15.7 Å². The lowest BCUT2D eigenvalue weighted by molar-refractivity contribution is -0.117. The molecule has 0 aliphatic rings. The van der Waals surface area contributed by atoms with E-state index in [0.717, 1.165) is 6.42 Å². The first kappa shape index (κ1) is 17.0. The van der Waals surface area contributed by atoms with Crippen molar-refractivity contribution in [3.8, 4) is 11.8 Å². The topological polar surface area (TPSA) is 88.1 Å². The summed E-state index contributed by atoms with van der Waals surface area (Å²) in [5.41, 5.74) is 6.53. The average molecular weight is 289 g/mol. The molecule has 0 saturated carbocycles. The molecule has 0 aromatic heterocycles. The number of carbonyl (C=O) groups excluding carboxylic acids is 1. The van der Waals surface area contributed by atoms with Crippen molar-refractivity contribution < 1.29 is 9.53 Å². The molecule has 0 fully saturated rings. The predicted octanol–water partition coefficient (Wildman–Crippen LogP) is 2.52. The van der Waals surface area contributed by atoms with Crippen molar-refractivity contribution in [1.82, 2.24) is 0 Å². The Morgan fingerprint density at radius 3 is 2.71 bits per heavy atom. The minimum Gasteiger partial charge on any atom is -0.495 e. The Bertz CT molecular complexity index is 521. The second kappa shape index (κ2) is 8.28. The summed E-state index contributed by atoms with van der Waals surface area (Å²) in [6.07, 6.45) is 1.25. The Labute approximate surface area is 126 Å². The summed E-state index contributed by atoms with van der Waals surface area (Å²) in [6, 6.07) is 7.13. The zero-order chi connectivity index (χ0) is 15.8. The van der Waals surface area contributed by atoms with Gasteiger partial charge in [-0.2, -0.15) is 5.26 Å². The summed E-state index contributed by atoms with van der Waals surface area (Å²) in [5.74, 6) is 0.972. The Balaban J connectivity index is 2.81. The van der Waals surface area contributed by atoms with Crippen LogP contribution < -0.4 is 15.8 Å². The van der Waals surface area contributed by atoms with E-state index in [-0.39, 0.29) is 11.8 Å². The van der Waals surface area contributed by atoms with Gasteiger partial charge >= 0.3 is 0 Å². The number of ether oxygens (including phenoxy) is 1. The van der Waals surface area contributed by atoms with Crippen molar-refractivity contribution in [3.05, 3.63) is 23.8 Å². The second-order valence-corrected chi connectivity index (χ2v) is 5.48. The van der Waals surface area contributed by atoms with Crippen LogP contribution in [-0.4, -0.2) is 19.6 Å². The van der Waals surface area contributed by atoms with E-state index < -0.39 is 0 Å². The molecule has 3 N–H and O–H groups in total. The van der Waals surface area contributed by atoms with Crippen LogP contribution in [0.1, 0.15) is 32.3 Å². The van der Waals surface area contributed by atoms with Crippen LogP contribution in [0.15, 0.2) is 18.2 Å². The normalized spacial score (nSPS) is 11.8. The fraction of sp³-hybridized carbons (Fsp3) is 0.500.